The monoisotopic (exact) mass is 295 g/mol. The summed E-state index contributed by atoms with van der Waals surface area (Å²) in [5.41, 5.74) is 5.18. The number of nitrogens with zero attached hydrogens (tertiary/aromatic N) is 3. The summed E-state index contributed by atoms with van der Waals surface area (Å²) in [6.45, 7) is 1.97. The van der Waals surface area contributed by atoms with Crippen LogP contribution < -0.4 is 0 Å². The molecule has 108 valence electrons. The van der Waals surface area contributed by atoms with Crippen molar-refractivity contribution in [3.63, 3.8) is 0 Å². The number of fused-ring (bicyclic) bond motifs is 3. The van der Waals surface area contributed by atoms with Crippen molar-refractivity contribution in [2.24, 2.45) is 0 Å². The standard InChI is InChI=1S/C20H13N3/c1-13-19(16-8-6-14(12-21)7-9-16)23-18-11-10-15-4-2-3-5-17(15)20(18)22-13/h2-11H,1H3. The zero-order valence-corrected chi connectivity index (χ0v) is 12.6. The second-order valence-electron chi connectivity index (χ2n) is 5.50. The fraction of sp³-hybridized carbons (Fsp3) is 0.0500. The Hall–Kier alpha value is -3.25. The van der Waals surface area contributed by atoms with Gasteiger partial charge < -0.3 is 0 Å². The lowest BCUT2D eigenvalue weighted by molar-refractivity contribution is 1.19. The minimum absolute atomic E-state index is 0.645. The Kier molecular flexibility index (Phi) is 3.03. The molecule has 0 atom stereocenters. The van der Waals surface area contributed by atoms with Gasteiger partial charge in [-0.25, -0.2) is 9.97 Å². The predicted octanol–water partition coefficient (Wildman–Crippen LogP) is 4.63. The van der Waals surface area contributed by atoms with E-state index in [4.69, 9.17) is 15.2 Å². The lowest BCUT2D eigenvalue weighted by Gasteiger charge is -2.09. The number of aromatic nitrogens is 2. The first-order chi connectivity index (χ1) is 11.3. The molecule has 0 aliphatic heterocycles. The van der Waals surface area contributed by atoms with Crippen LogP contribution in [0.15, 0.2) is 60.7 Å². The van der Waals surface area contributed by atoms with E-state index < -0.39 is 0 Å². The molecule has 0 saturated heterocycles. The number of nitriles is 1. The quantitative estimate of drug-likeness (QED) is 0.481. The van der Waals surface area contributed by atoms with Crippen molar-refractivity contribution < 1.29 is 0 Å². The van der Waals surface area contributed by atoms with Crippen molar-refractivity contribution >= 4 is 21.8 Å². The first-order valence-corrected chi connectivity index (χ1v) is 7.43. The van der Waals surface area contributed by atoms with Crippen molar-refractivity contribution in [2.75, 3.05) is 0 Å². The van der Waals surface area contributed by atoms with Crippen LogP contribution in [0.3, 0.4) is 0 Å². The predicted molar refractivity (Wildman–Crippen MR) is 91.9 cm³/mol. The molecular formula is C20H13N3. The summed E-state index contributed by atoms with van der Waals surface area (Å²) in [7, 11) is 0. The second-order valence-corrected chi connectivity index (χ2v) is 5.50. The van der Waals surface area contributed by atoms with Crippen LogP contribution >= 0.6 is 0 Å². The van der Waals surface area contributed by atoms with Gasteiger partial charge in [0.2, 0.25) is 0 Å². The highest BCUT2D eigenvalue weighted by Crippen LogP contribution is 2.27. The first kappa shape index (κ1) is 13.4. The summed E-state index contributed by atoms with van der Waals surface area (Å²) in [5.74, 6) is 0. The van der Waals surface area contributed by atoms with Gasteiger partial charge in [0, 0.05) is 10.9 Å². The zero-order valence-electron chi connectivity index (χ0n) is 12.6. The van der Waals surface area contributed by atoms with E-state index in [0.29, 0.717) is 5.56 Å². The number of hydrogen-bond donors (Lipinski definition) is 0. The molecule has 1 heterocycles. The van der Waals surface area contributed by atoms with Crippen molar-refractivity contribution in [3.05, 3.63) is 71.9 Å². The maximum Gasteiger partial charge on any atom is 0.0991 e. The van der Waals surface area contributed by atoms with E-state index in [9.17, 15) is 0 Å². The minimum Gasteiger partial charge on any atom is -0.249 e. The largest absolute Gasteiger partial charge is 0.249 e. The average Bonchev–Trinajstić information content (AvgIpc) is 2.61. The molecule has 3 heteroatoms. The molecular weight excluding hydrogens is 282 g/mol. The smallest absolute Gasteiger partial charge is 0.0991 e. The number of hydrogen-bond acceptors (Lipinski definition) is 3. The van der Waals surface area contributed by atoms with Crippen molar-refractivity contribution in [2.45, 2.75) is 6.92 Å². The highest BCUT2D eigenvalue weighted by molar-refractivity contribution is 6.04. The summed E-state index contributed by atoms with van der Waals surface area (Å²) in [5, 5.41) is 11.2. The fourth-order valence-electron chi connectivity index (χ4n) is 2.85. The van der Waals surface area contributed by atoms with E-state index in [-0.39, 0.29) is 0 Å². The van der Waals surface area contributed by atoms with Gasteiger partial charge in [-0.3, -0.25) is 0 Å². The summed E-state index contributed by atoms with van der Waals surface area (Å²) in [6, 6.07) is 21.9. The van der Waals surface area contributed by atoms with E-state index in [1.54, 1.807) is 12.1 Å². The summed E-state index contributed by atoms with van der Waals surface area (Å²) in [4.78, 5) is 9.60. The van der Waals surface area contributed by atoms with Crippen LogP contribution in [0.25, 0.3) is 33.1 Å². The maximum absolute atomic E-state index is 8.92. The van der Waals surface area contributed by atoms with Crippen LogP contribution in [0.2, 0.25) is 0 Å². The minimum atomic E-state index is 0.645. The molecule has 0 saturated carbocycles. The SMILES string of the molecule is Cc1nc2c(ccc3ccccc32)nc1-c1ccc(C#N)cc1. The third-order valence-corrected chi connectivity index (χ3v) is 4.02. The normalized spacial score (nSPS) is 10.8. The van der Waals surface area contributed by atoms with Gasteiger partial charge in [0.1, 0.15) is 0 Å². The van der Waals surface area contributed by atoms with Gasteiger partial charge in [-0.05, 0) is 30.5 Å². The third kappa shape index (κ3) is 2.21. The van der Waals surface area contributed by atoms with E-state index in [0.717, 1.165) is 33.4 Å². The van der Waals surface area contributed by atoms with Gasteiger partial charge in [0.15, 0.2) is 0 Å². The van der Waals surface area contributed by atoms with Gasteiger partial charge in [-0.15, -0.1) is 0 Å². The lowest BCUT2D eigenvalue weighted by atomic mass is 10.1. The van der Waals surface area contributed by atoms with Crippen LogP contribution in [0.4, 0.5) is 0 Å². The second kappa shape index (κ2) is 5.19. The summed E-state index contributed by atoms with van der Waals surface area (Å²) < 4.78 is 0. The summed E-state index contributed by atoms with van der Waals surface area (Å²) >= 11 is 0. The first-order valence-electron chi connectivity index (χ1n) is 7.43. The topological polar surface area (TPSA) is 49.6 Å². The maximum atomic E-state index is 8.92. The highest BCUT2D eigenvalue weighted by Gasteiger charge is 2.10. The fourth-order valence-corrected chi connectivity index (χ4v) is 2.85. The van der Waals surface area contributed by atoms with Crippen molar-refractivity contribution in [3.8, 4) is 17.3 Å². The highest BCUT2D eigenvalue weighted by atomic mass is 14.8. The molecule has 4 rings (SSSR count). The van der Waals surface area contributed by atoms with Crippen LogP contribution in [0.1, 0.15) is 11.3 Å². The molecule has 0 aliphatic rings. The van der Waals surface area contributed by atoms with Crippen LogP contribution in [-0.2, 0) is 0 Å². The van der Waals surface area contributed by atoms with Crippen LogP contribution in [0, 0.1) is 18.3 Å². The van der Waals surface area contributed by atoms with Crippen LogP contribution in [-0.4, -0.2) is 9.97 Å². The Bertz CT molecular complexity index is 1070. The Morgan fingerprint density at radius 2 is 1.65 bits per heavy atom. The molecule has 0 N–H and O–H groups in total. The molecule has 0 amide bonds. The van der Waals surface area contributed by atoms with E-state index in [1.807, 2.05) is 37.3 Å². The van der Waals surface area contributed by atoms with Gasteiger partial charge in [-0.2, -0.15) is 5.26 Å². The molecule has 23 heavy (non-hydrogen) atoms. The molecule has 1 aromatic heterocycles. The lowest BCUT2D eigenvalue weighted by Crippen LogP contribution is -1.95. The van der Waals surface area contributed by atoms with E-state index in [2.05, 4.69) is 24.3 Å². The zero-order chi connectivity index (χ0) is 15.8. The Morgan fingerprint density at radius 1 is 0.870 bits per heavy atom. The molecule has 4 aromatic rings. The van der Waals surface area contributed by atoms with Gasteiger partial charge in [-0.1, -0.05) is 42.5 Å². The third-order valence-electron chi connectivity index (χ3n) is 4.02. The number of rotatable bonds is 1. The number of benzene rings is 3. The Morgan fingerprint density at radius 3 is 2.43 bits per heavy atom. The van der Waals surface area contributed by atoms with Gasteiger partial charge in [0.05, 0.1) is 34.1 Å². The molecule has 0 aliphatic carbocycles. The van der Waals surface area contributed by atoms with Gasteiger partial charge in [0.25, 0.3) is 0 Å². The Balaban J connectivity index is 1.96. The van der Waals surface area contributed by atoms with Crippen molar-refractivity contribution in [1.29, 1.82) is 5.26 Å². The molecule has 0 unspecified atom stereocenters. The molecule has 3 aromatic carbocycles. The molecule has 0 radical (unpaired) electrons. The van der Waals surface area contributed by atoms with E-state index >= 15 is 0 Å². The van der Waals surface area contributed by atoms with E-state index in [1.165, 1.54) is 5.39 Å². The molecule has 3 nitrogen and oxygen atoms in total. The van der Waals surface area contributed by atoms with Gasteiger partial charge >= 0.3 is 0 Å². The Labute approximate surface area is 133 Å². The van der Waals surface area contributed by atoms with Crippen LogP contribution in [0.5, 0.6) is 0 Å². The number of aryl methyl sites for hydroxylation is 1. The molecule has 0 spiro atoms. The summed E-state index contributed by atoms with van der Waals surface area (Å²) in [6.07, 6.45) is 0. The molecule has 0 fully saturated rings. The average molecular weight is 295 g/mol. The van der Waals surface area contributed by atoms with Crippen molar-refractivity contribution in [1.82, 2.24) is 9.97 Å². The molecule has 0 bridgehead atoms.